The van der Waals surface area contributed by atoms with Crippen molar-refractivity contribution in [2.75, 3.05) is 13.2 Å². The maximum atomic E-state index is 12.6. The number of carbonyl (C=O) groups is 2. The van der Waals surface area contributed by atoms with Crippen LogP contribution in [0.15, 0.2) is 35.5 Å². The van der Waals surface area contributed by atoms with Crippen LogP contribution in [0.25, 0.3) is 0 Å². The van der Waals surface area contributed by atoms with Gasteiger partial charge < -0.3 is 20.1 Å². The predicted octanol–water partition coefficient (Wildman–Crippen LogP) is 2.69. The predicted molar refractivity (Wildman–Crippen MR) is 88.5 cm³/mol. The van der Waals surface area contributed by atoms with Gasteiger partial charge in [0.25, 0.3) is 0 Å². The SMILES string of the molecule is CC1=C(C(=O)OC[C@H]2CCCO2)[C@H](c2ccc(Cl)cc2)NC(=O)N1. The van der Waals surface area contributed by atoms with Crippen molar-refractivity contribution in [1.29, 1.82) is 0 Å². The van der Waals surface area contributed by atoms with Gasteiger partial charge in [-0.05, 0) is 37.5 Å². The summed E-state index contributed by atoms with van der Waals surface area (Å²) in [5.41, 5.74) is 1.63. The Kier molecular flexibility index (Phi) is 5.06. The first-order valence-electron chi connectivity index (χ1n) is 7.87. The van der Waals surface area contributed by atoms with E-state index in [9.17, 15) is 9.59 Å². The minimum atomic E-state index is -0.576. The van der Waals surface area contributed by atoms with E-state index in [1.165, 1.54) is 0 Å². The van der Waals surface area contributed by atoms with Crippen LogP contribution in [0.4, 0.5) is 4.79 Å². The standard InChI is InChI=1S/C17H19ClN2O4/c1-10-14(16(21)24-9-13-3-2-8-23-13)15(20-17(22)19-10)11-4-6-12(18)7-5-11/h4-7,13,15H,2-3,8-9H2,1H3,(H2,19,20,22)/t13-,15+/m1/s1. The van der Waals surface area contributed by atoms with Crippen molar-refractivity contribution in [2.45, 2.75) is 31.9 Å². The van der Waals surface area contributed by atoms with Crippen LogP contribution in [0.5, 0.6) is 0 Å². The summed E-state index contributed by atoms with van der Waals surface area (Å²) in [6.07, 6.45) is 1.82. The highest BCUT2D eigenvalue weighted by atomic mass is 35.5. The van der Waals surface area contributed by atoms with Gasteiger partial charge in [-0.1, -0.05) is 23.7 Å². The Labute approximate surface area is 145 Å². The molecule has 0 aromatic heterocycles. The van der Waals surface area contributed by atoms with E-state index in [1.54, 1.807) is 31.2 Å². The molecule has 0 radical (unpaired) electrons. The molecule has 1 saturated heterocycles. The zero-order valence-electron chi connectivity index (χ0n) is 13.3. The van der Waals surface area contributed by atoms with E-state index in [0.29, 0.717) is 22.9 Å². The quantitative estimate of drug-likeness (QED) is 0.818. The van der Waals surface area contributed by atoms with Gasteiger partial charge in [0.15, 0.2) is 0 Å². The van der Waals surface area contributed by atoms with Gasteiger partial charge in [0.05, 0.1) is 17.7 Å². The fraction of sp³-hybridized carbons (Fsp3) is 0.412. The normalized spacial score (nSPS) is 23.7. The molecule has 7 heteroatoms. The van der Waals surface area contributed by atoms with Crippen molar-refractivity contribution >= 4 is 23.6 Å². The monoisotopic (exact) mass is 350 g/mol. The van der Waals surface area contributed by atoms with E-state index < -0.39 is 12.0 Å². The Morgan fingerprint density at radius 2 is 2.12 bits per heavy atom. The number of urea groups is 1. The lowest BCUT2D eigenvalue weighted by molar-refractivity contribution is -0.142. The molecule has 0 aliphatic carbocycles. The first-order chi connectivity index (χ1) is 11.5. The van der Waals surface area contributed by atoms with Crippen LogP contribution >= 0.6 is 11.6 Å². The van der Waals surface area contributed by atoms with E-state index in [0.717, 1.165) is 18.4 Å². The molecule has 1 fully saturated rings. The average Bonchev–Trinajstić information content (AvgIpc) is 3.06. The molecule has 24 heavy (non-hydrogen) atoms. The molecule has 0 unspecified atom stereocenters. The van der Waals surface area contributed by atoms with Crippen LogP contribution in [0.3, 0.4) is 0 Å². The number of nitrogens with one attached hydrogen (secondary N) is 2. The summed E-state index contributed by atoms with van der Waals surface area (Å²) in [6.45, 7) is 2.61. The number of allylic oxidation sites excluding steroid dienone is 1. The Morgan fingerprint density at radius 3 is 2.79 bits per heavy atom. The number of benzene rings is 1. The summed E-state index contributed by atoms with van der Waals surface area (Å²) in [6, 6.07) is 6.06. The summed E-state index contributed by atoms with van der Waals surface area (Å²) in [5.74, 6) is -0.463. The molecule has 128 valence electrons. The molecule has 2 amide bonds. The van der Waals surface area contributed by atoms with Gasteiger partial charge in [-0.3, -0.25) is 0 Å². The Morgan fingerprint density at radius 1 is 1.38 bits per heavy atom. The second kappa shape index (κ2) is 7.23. The van der Waals surface area contributed by atoms with Crippen LogP contribution in [0, 0.1) is 0 Å². The number of halogens is 1. The number of ether oxygens (including phenoxy) is 2. The minimum Gasteiger partial charge on any atom is -0.459 e. The Balaban J connectivity index is 1.80. The largest absolute Gasteiger partial charge is 0.459 e. The summed E-state index contributed by atoms with van der Waals surface area (Å²) >= 11 is 5.91. The molecule has 0 bridgehead atoms. The zero-order chi connectivity index (χ0) is 17.1. The molecule has 2 aliphatic rings. The molecular weight excluding hydrogens is 332 g/mol. The van der Waals surface area contributed by atoms with Gasteiger partial charge in [0.1, 0.15) is 6.61 Å². The smallest absolute Gasteiger partial charge is 0.338 e. The second-order valence-electron chi connectivity index (χ2n) is 5.86. The summed E-state index contributed by atoms with van der Waals surface area (Å²) < 4.78 is 10.9. The highest BCUT2D eigenvalue weighted by molar-refractivity contribution is 6.30. The number of hydrogen-bond donors (Lipinski definition) is 2. The molecule has 2 atom stereocenters. The van der Waals surface area contributed by atoms with Crippen molar-refractivity contribution in [3.8, 4) is 0 Å². The van der Waals surface area contributed by atoms with Gasteiger partial charge in [-0.25, -0.2) is 9.59 Å². The summed E-state index contributed by atoms with van der Waals surface area (Å²) in [5, 5.41) is 5.96. The van der Waals surface area contributed by atoms with Crippen LogP contribution in [-0.4, -0.2) is 31.3 Å². The van der Waals surface area contributed by atoms with Crippen molar-refractivity contribution < 1.29 is 19.1 Å². The third kappa shape index (κ3) is 3.71. The van der Waals surface area contributed by atoms with Crippen molar-refractivity contribution in [3.63, 3.8) is 0 Å². The second-order valence-corrected chi connectivity index (χ2v) is 6.29. The molecule has 1 aromatic carbocycles. The highest BCUT2D eigenvalue weighted by Crippen LogP contribution is 2.28. The Bertz CT molecular complexity index is 666. The van der Waals surface area contributed by atoms with Crippen molar-refractivity contribution in [3.05, 3.63) is 46.1 Å². The van der Waals surface area contributed by atoms with Gasteiger partial charge in [0, 0.05) is 17.3 Å². The number of amides is 2. The van der Waals surface area contributed by atoms with Crippen LogP contribution in [0.2, 0.25) is 5.02 Å². The maximum absolute atomic E-state index is 12.6. The van der Waals surface area contributed by atoms with Gasteiger partial charge in [-0.15, -0.1) is 0 Å². The van der Waals surface area contributed by atoms with E-state index in [1.807, 2.05) is 0 Å². The molecule has 2 aliphatic heterocycles. The number of rotatable bonds is 4. The van der Waals surface area contributed by atoms with Gasteiger partial charge in [0.2, 0.25) is 0 Å². The fourth-order valence-corrected chi connectivity index (χ4v) is 3.02. The lowest BCUT2D eigenvalue weighted by Crippen LogP contribution is -2.45. The third-order valence-electron chi connectivity index (χ3n) is 4.12. The lowest BCUT2D eigenvalue weighted by atomic mass is 9.95. The minimum absolute atomic E-state index is 0.0463. The molecule has 1 aromatic rings. The van der Waals surface area contributed by atoms with E-state index in [2.05, 4.69) is 10.6 Å². The molecule has 2 heterocycles. The van der Waals surface area contributed by atoms with Crippen molar-refractivity contribution in [1.82, 2.24) is 10.6 Å². The van der Waals surface area contributed by atoms with Crippen LogP contribution in [0.1, 0.15) is 31.4 Å². The summed E-state index contributed by atoms with van der Waals surface area (Å²) in [7, 11) is 0. The fourth-order valence-electron chi connectivity index (χ4n) is 2.89. The van der Waals surface area contributed by atoms with E-state index in [-0.39, 0.29) is 18.7 Å². The molecule has 2 N–H and O–H groups in total. The molecule has 6 nitrogen and oxygen atoms in total. The molecule has 0 spiro atoms. The number of hydrogen-bond acceptors (Lipinski definition) is 4. The molecule has 0 saturated carbocycles. The van der Waals surface area contributed by atoms with Crippen LogP contribution < -0.4 is 10.6 Å². The molecular formula is C17H19ClN2O4. The lowest BCUT2D eigenvalue weighted by Gasteiger charge is -2.28. The Hall–Kier alpha value is -2.05. The van der Waals surface area contributed by atoms with E-state index in [4.69, 9.17) is 21.1 Å². The van der Waals surface area contributed by atoms with E-state index >= 15 is 0 Å². The topological polar surface area (TPSA) is 76.7 Å². The zero-order valence-corrected chi connectivity index (χ0v) is 14.1. The average molecular weight is 351 g/mol. The summed E-state index contributed by atoms with van der Waals surface area (Å²) in [4.78, 5) is 24.4. The molecule has 3 rings (SSSR count). The third-order valence-corrected chi connectivity index (χ3v) is 4.37. The van der Waals surface area contributed by atoms with Crippen LogP contribution in [-0.2, 0) is 14.3 Å². The van der Waals surface area contributed by atoms with Gasteiger partial charge in [-0.2, -0.15) is 0 Å². The first kappa shape index (κ1) is 16.8. The van der Waals surface area contributed by atoms with Gasteiger partial charge >= 0.3 is 12.0 Å². The number of carbonyl (C=O) groups excluding carboxylic acids is 2. The highest BCUT2D eigenvalue weighted by Gasteiger charge is 2.32. The number of esters is 1. The first-order valence-corrected chi connectivity index (χ1v) is 8.25. The van der Waals surface area contributed by atoms with Crippen molar-refractivity contribution in [2.24, 2.45) is 0 Å². The maximum Gasteiger partial charge on any atom is 0.338 e.